The summed E-state index contributed by atoms with van der Waals surface area (Å²) >= 11 is 0. The molecule has 0 aromatic heterocycles. The molecule has 0 aliphatic carbocycles. The molecular formula is C18H38N4O2. The summed E-state index contributed by atoms with van der Waals surface area (Å²) in [6, 6.07) is 0.254. The number of amides is 2. The molecule has 0 aromatic carbocycles. The van der Waals surface area contributed by atoms with E-state index in [0.717, 1.165) is 19.6 Å². The lowest BCUT2D eigenvalue weighted by Crippen LogP contribution is -2.60. The predicted molar refractivity (Wildman–Crippen MR) is 99.2 cm³/mol. The van der Waals surface area contributed by atoms with Crippen molar-refractivity contribution in [2.24, 2.45) is 5.41 Å². The van der Waals surface area contributed by atoms with Crippen molar-refractivity contribution in [3.8, 4) is 0 Å². The molecule has 2 atom stereocenters. The summed E-state index contributed by atoms with van der Waals surface area (Å²) in [5.74, 6) is 0. The van der Waals surface area contributed by atoms with Crippen molar-refractivity contribution in [2.75, 3.05) is 46.8 Å². The quantitative estimate of drug-likeness (QED) is 0.767. The maximum Gasteiger partial charge on any atom is 0.317 e. The first-order chi connectivity index (χ1) is 10.8. The molecule has 1 aliphatic heterocycles. The van der Waals surface area contributed by atoms with Gasteiger partial charge in [-0.05, 0) is 47.2 Å². The third-order valence-electron chi connectivity index (χ3n) is 4.82. The Kier molecular flexibility index (Phi) is 7.08. The van der Waals surface area contributed by atoms with Gasteiger partial charge in [0, 0.05) is 44.8 Å². The Morgan fingerprint density at radius 2 is 1.88 bits per heavy atom. The van der Waals surface area contributed by atoms with Gasteiger partial charge in [-0.25, -0.2) is 4.79 Å². The Morgan fingerprint density at radius 3 is 2.33 bits per heavy atom. The maximum atomic E-state index is 12.7. The standard InChI is InChI=1S/C18H38N4O2/c1-14-11-21(13-18(5,6)24)9-10-22(14)16(23)19-15(2)17(3,4)12-20(7)8/h14-15,24H,9-13H2,1-8H3,(H,19,23)/t14-,15+/m1/s1. The average Bonchev–Trinajstić information content (AvgIpc) is 2.34. The van der Waals surface area contributed by atoms with Gasteiger partial charge < -0.3 is 20.2 Å². The van der Waals surface area contributed by atoms with Crippen molar-refractivity contribution in [2.45, 2.75) is 59.2 Å². The van der Waals surface area contributed by atoms with Gasteiger partial charge in [0.1, 0.15) is 0 Å². The highest BCUT2D eigenvalue weighted by atomic mass is 16.3. The highest BCUT2D eigenvalue weighted by molar-refractivity contribution is 5.75. The SMILES string of the molecule is C[C@@H]1CN(CC(C)(C)O)CCN1C(=O)N[C@@H](C)C(C)(C)CN(C)C. The second-order valence-corrected chi connectivity index (χ2v) is 8.99. The van der Waals surface area contributed by atoms with E-state index in [2.05, 4.69) is 56.9 Å². The molecule has 1 heterocycles. The number of hydrogen-bond acceptors (Lipinski definition) is 4. The molecule has 0 bridgehead atoms. The van der Waals surface area contributed by atoms with E-state index >= 15 is 0 Å². The summed E-state index contributed by atoms with van der Waals surface area (Å²) in [5, 5.41) is 13.2. The molecule has 2 amide bonds. The summed E-state index contributed by atoms with van der Waals surface area (Å²) in [5.41, 5.74) is -0.694. The molecule has 6 heteroatoms. The number of rotatable bonds is 6. The van der Waals surface area contributed by atoms with Gasteiger partial charge in [0.05, 0.1) is 5.60 Å². The summed E-state index contributed by atoms with van der Waals surface area (Å²) in [6.07, 6.45) is 0. The predicted octanol–water partition coefficient (Wildman–Crippen LogP) is 1.45. The number of β-amino-alcohol motifs (C(OH)–C–C–N with tert-alkyl or cyclic N) is 1. The van der Waals surface area contributed by atoms with Crippen LogP contribution < -0.4 is 5.32 Å². The molecular weight excluding hydrogens is 304 g/mol. The van der Waals surface area contributed by atoms with E-state index < -0.39 is 5.60 Å². The minimum absolute atomic E-state index is 0.00509. The molecule has 1 saturated heterocycles. The Hall–Kier alpha value is -0.850. The molecule has 1 fully saturated rings. The summed E-state index contributed by atoms with van der Waals surface area (Å²) < 4.78 is 0. The maximum absolute atomic E-state index is 12.7. The highest BCUT2D eigenvalue weighted by Gasteiger charge is 2.33. The van der Waals surface area contributed by atoms with Crippen molar-refractivity contribution in [3.05, 3.63) is 0 Å². The van der Waals surface area contributed by atoms with Crippen LogP contribution in [0.4, 0.5) is 4.79 Å². The monoisotopic (exact) mass is 342 g/mol. The van der Waals surface area contributed by atoms with Gasteiger partial charge in [0.15, 0.2) is 0 Å². The zero-order chi connectivity index (χ0) is 18.7. The lowest BCUT2D eigenvalue weighted by molar-refractivity contribution is 0.0113. The van der Waals surface area contributed by atoms with Gasteiger partial charge in [0.25, 0.3) is 0 Å². The smallest absolute Gasteiger partial charge is 0.317 e. The van der Waals surface area contributed by atoms with Crippen LogP contribution in [0.1, 0.15) is 41.5 Å². The fraction of sp³-hybridized carbons (Fsp3) is 0.944. The third kappa shape index (κ3) is 6.57. The zero-order valence-electron chi connectivity index (χ0n) is 16.9. The average molecular weight is 343 g/mol. The topological polar surface area (TPSA) is 59.1 Å². The molecule has 0 spiro atoms. The fourth-order valence-corrected chi connectivity index (χ4v) is 3.44. The van der Waals surface area contributed by atoms with Crippen molar-refractivity contribution in [3.63, 3.8) is 0 Å². The van der Waals surface area contributed by atoms with Crippen LogP contribution in [0.15, 0.2) is 0 Å². The summed E-state index contributed by atoms with van der Waals surface area (Å²) in [4.78, 5) is 19.0. The van der Waals surface area contributed by atoms with Crippen LogP contribution in [0.25, 0.3) is 0 Å². The molecule has 0 aromatic rings. The molecule has 24 heavy (non-hydrogen) atoms. The molecule has 0 unspecified atom stereocenters. The lowest BCUT2D eigenvalue weighted by atomic mass is 9.85. The van der Waals surface area contributed by atoms with Gasteiger partial charge in [-0.15, -0.1) is 0 Å². The second kappa shape index (κ2) is 8.02. The van der Waals surface area contributed by atoms with E-state index in [1.54, 1.807) is 0 Å². The Bertz CT molecular complexity index is 418. The van der Waals surface area contributed by atoms with Crippen molar-refractivity contribution in [1.29, 1.82) is 0 Å². The van der Waals surface area contributed by atoms with E-state index in [4.69, 9.17) is 0 Å². The highest BCUT2D eigenvalue weighted by Crippen LogP contribution is 2.22. The number of urea groups is 1. The van der Waals surface area contributed by atoms with Gasteiger partial charge in [-0.2, -0.15) is 0 Å². The van der Waals surface area contributed by atoms with Gasteiger partial charge in [0.2, 0.25) is 0 Å². The molecule has 0 saturated carbocycles. The van der Waals surface area contributed by atoms with E-state index in [9.17, 15) is 9.90 Å². The summed E-state index contributed by atoms with van der Waals surface area (Å²) in [7, 11) is 4.11. The molecule has 142 valence electrons. The van der Waals surface area contributed by atoms with E-state index in [-0.39, 0.29) is 23.5 Å². The Morgan fingerprint density at radius 1 is 1.29 bits per heavy atom. The van der Waals surface area contributed by atoms with Crippen molar-refractivity contribution in [1.82, 2.24) is 20.0 Å². The van der Waals surface area contributed by atoms with Crippen LogP contribution in [0.5, 0.6) is 0 Å². The fourth-order valence-electron chi connectivity index (χ4n) is 3.44. The van der Waals surface area contributed by atoms with E-state index in [0.29, 0.717) is 13.1 Å². The number of carbonyl (C=O) groups excluding carboxylic acids is 1. The van der Waals surface area contributed by atoms with Crippen LogP contribution in [-0.2, 0) is 0 Å². The van der Waals surface area contributed by atoms with Crippen molar-refractivity contribution < 1.29 is 9.90 Å². The molecule has 2 N–H and O–H groups in total. The number of hydrogen-bond donors (Lipinski definition) is 2. The minimum atomic E-state index is -0.700. The van der Waals surface area contributed by atoms with Gasteiger partial charge >= 0.3 is 6.03 Å². The van der Waals surface area contributed by atoms with Gasteiger partial charge in [-0.1, -0.05) is 13.8 Å². The lowest BCUT2D eigenvalue weighted by Gasteiger charge is -2.43. The Labute approximate surface area is 148 Å². The van der Waals surface area contributed by atoms with Crippen LogP contribution in [0.2, 0.25) is 0 Å². The van der Waals surface area contributed by atoms with Crippen LogP contribution in [0.3, 0.4) is 0 Å². The normalized spacial score (nSPS) is 21.9. The van der Waals surface area contributed by atoms with E-state index in [1.807, 2.05) is 18.7 Å². The van der Waals surface area contributed by atoms with Crippen LogP contribution in [-0.4, -0.2) is 90.3 Å². The number of piperazine rings is 1. The van der Waals surface area contributed by atoms with Crippen LogP contribution >= 0.6 is 0 Å². The zero-order valence-corrected chi connectivity index (χ0v) is 16.9. The van der Waals surface area contributed by atoms with Crippen LogP contribution in [0, 0.1) is 5.41 Å². The summed E-state index contributed by atoms with van der Waals surface area (Å²) in [6.45, 7) is 16.0. The van der Waals surface area contributed by atoms with Gasteiger partial charge in [-0.3, -0.25) is 4.90 Å². The minimum Gasteiger partial charge on any atom is -0.389 e. The number of nitrogens with zero attached hydrogens (tertiary/aromatic N) is 3. The third-order valence-corrected chi connectivity index (χ3v) is 4.82. The Balaban J connectivity index is 2.57. The molecule has 1 rings (SSSR count). The number of aliphatic hydroxyl groups is 1. The van der Waals surface area contributed by atoms with Crippen molar-refractivity contribution >= 4 is 6.03 Å². The van der Waals surface area contributed by atoms with E-state index in [1.165, 1.54) is 0 Å². The number of nitrogens with one attached hydrogen (secondary N) is 1. The molecule has 1 aliphatic rings. The first-order valence-electron chi connectivity index (χ1n) is 8.98. The molecule has 6 nitrogen and oxygen atoms in total. The largest absolute Gasteiger partial charge is 0.389 e. The molecule has 0 radical (unpaired) electrons. The first kappa shape index (κ1) is 21.2. The second-order valence-electron chi connectivity index (χ2n) is 8.99. The number of carbonyl (C=O) groups is 1. The first-order valence-corrected chi connectivity index (χ1v) is 8.98.